The van der Waals surface area contributed by atoms with Crippen molar-refractivity contribution in [1.29, 1.82) is 0 Å². The minimum absolute atomic E-state index is 0.000116. The maximum atomic E-state index is 12.2. The van der Waals surface area contributed by atoms with Gasteiger partial charge in [-0.25, -0.2) is 4.98 Å². The topological polar surface area (TPSA) is 99.2 Å². The van der Waals surface area contributed by atoms with E-state index in [1.807, 2.05) is 20.8 Å². The van der Waals surface area contributed by atoms with Gasteiger partial charge in [0.15, 0.2) is 0 Å². The maximum absolute atomic E-state index is 12.2. The summed E-state index contributed by atoms with van der Waals surface area (Å²) in [6.07, 6.45) is 0. The van der Waals surface area contributed by atoms with Crippen molar-refractivity contribution in [3.8, 4) is 0 Å². The highest BCUT2D eigenvalue weighted by Gasteiger charge is 2.27. The number of rotatable bonds is 4. The van der Waals surface area contributed by atoms with E-state index in [2.05, 4.69) is 15.2 Å². The third-order valence-electron chi connectivity index (χ3n) is 2.58. The molecule has 2 N–H and O–H groups in total. The Morgan fingerprint density at radius 3 is 2.32 bits per heavy atom. The standard InChI is InChI=1S/C12H20N4O3/c1-7(2)16(6-8(17)18)10(19)9-13-11(15-14-9)12(3,4)5/h7H,6H2,1-5H3,(H,17,18)(H,13,14,15). The van der Waals surface area contributed by atoms with Crippen LogP contribution in [0.4, 0.5) is 0 Å². The molecule has 106 valence electrons. The van der Waals surface area contributed by atoms with Crippen molar-refractivity contribution >= 4 is 11.9 Å². The van der Waals surface area contributed by atoms with Crippen molar-refractivity contribution in [2.75, 3.05) is 6.54 Å². The van der Waals surface area contributed by atoms with Gasteiger partial charge in [0.1, 0.15) is 12.4 Å². The summed E-state index contributed by atoms with van der Waals surface area (Å²) in [5.74, 6) is -0.951. The van der Waals surface area contributed by atoms with E-state index in [9.17, 15) is 9.59 Å². The molecular formula is C12H20N4O3. The summed E-state index contributed by atoms with van der Waals surface area (Å²) in [5, 5.41) is 15.4. The largest absolute Gasteiger partial charge is 0.480 e. The second kappa shape index (κ2) is 5.38. The number of carbonyl (C=O) groups is 2. The molecule has 0 aliphatic rings. The van der Waals surface area contributed by atoms with E-state index in [1.54, 1.807) is 13.8 Å². The average molecular weight is 268 g/mol. The first-order valence-electron chi connectivity index (χ1n) is 6.08. The average Bonchev–Trinajstić information content (AvgIpc) is 2.72. The van der Waals surface area contributed by atoms with E-state index in [-0.39, 0.29) is 23.8 Å². The molecule has 7 nitrogen and oxygen atoms in total. The molecule has 1 aromatic rings. The molecule has 19 heavy (non-hydrogen) atoms. The Morgan fingerprint density at radius 1 is 1.37 bits per heavy atom. The summed E-state index contributed by atoms with van der Waals surface area (Å²) < 4.78 is 0. The second-order valence-corrected chi connectivity index (χ2v) is 5.68. The van der Waals surface area contributed by atoms with E-state index in [0.717, 1.165) is 0 Å². The number of carboxylic acid groups (broad SMARTS) is 1. The third-order valence-corrected chi connectivity index (χ3v) is 2.58. The van der Waals surface area contributed by atoms with Gasteiger partial charge in [-0.05, 0) is 13.8 Å². The summed E-state index contributed by atoms with van der Waals surface area (Å²) >= 11 is 0. The normalized spacial score (nSPS) is 11.7. The van der Waals surface area contributed by atoms with Crippen LogP contribution in [-0.4, -0.2) is 49.7 Å². The van der Waals surface area contributed by atoms with Crippen molar-refractivity contribution in [1.82, 2.24) is 20.1 Å². The van der Waals surface area contributed by atoms with Crippen LogP contribution in [0.1, 0.15) is 51.1 Å². The molecule has 0 aliphatic heterocycles. The van der Waals surface area contributed by atoms with E-state index in [1.165, 1.54) is 4.90 Å². The zero-order valence-corrected chi connectivity index (χ0v) is 11.9. The van der Waals surface area contributed by atoms with Crippen molar-refractivity contribution in [3.63, 3.8) is 0 Å². The number of hydrogen-bond donors (Lipinski definition) is 2. The number of aliphatic carboxylic acids is 1. The van der Waals surface area contributed by atoms with Crippen LogP contribution in [-0.2, 0) is 10.2 Å². The Morgan fingerprint density at radius 2 is 1.95 bits per heavy atom. The first-order valence-corrected chi connectivity index (χ1v) is 6.08. The SMILES string of the molecule is CC(C)N(CC(=O)O)C(=O)c1n[nH]c(C(C)(C)C)n1. The fraction of sp³-hybridized carbons (Fsp3) is 0.667. The van der Waals surface area contributed by atoms with E-state index in [0.29, 0.717) is 5.82 Å². The zero-order chi connectivity index (χ0) is 14.8. The lowest BCUT2D eigenvalue weighted by molar-refractivity contribution is -0.138. The Hall–Kier alpha value is -1.92. The lowest BCUT2D eigenvalue weighted by atomic mass is 9.96. The summed E-state index contributed by atoms with van der Waals surface area (Å²) in [7, 11) is 0. The molecule has 1 aromatic heterocycles. The van der Waals surface area contributed by atoms with Crippen LogP contribution < -0.4 is 0 Å². The van der Waals surface area contributed by atoms with Crippen molar-refractivity contribution in [2.24, 2.45) is 0 Å². The van der Waals surface area contributed by atoms with Gasteiger partial charge in [0.05, 0.1) is 0 Å². The molecule has 0 atom stereocenters. The number of hydrogen-bond acceptors (Lipinski definition) is 4. The highest BCUT2D eigenvalue weighted by Crippen LogP contribution is 2.17. The summed E-state index contributed by atoms with van der Waals surface area (Å²) in [4.78, 5) is 28.3. The smallest absolute Gasteiger partial charge is 0.323 e. The fourth-order valence-electron chi connectivity index (χ4n) is 1.46. The van der Waals surface area contributed by atoms with E-state index < -0.39 is 11.9 Å². The summed E-state index contributed by atoms with van der Waals surface area (Å²) in [6, 6.07) is -0.236. The zero-order valence-electron chi connectivity index (χ0n) is 11.9. The predicted octanol–water partition coefficient (Wildman–Crippen LogP) is 1.04. The molecule has 0 saturated heterocycles. The number of nitrogens with one attached hydrogen (secondary N) is 1. The molecule has 0 radical (unpaired) electrons. The minimum atomic E-state index is -1.06. The number of carboxylic acids is 1. The van der Waals surface area contributed by atoms with Gasteiger partial charge in [0, 0.05) is 11.5 Å². The van der Waals surface area contributed by atoms with Crippen LogP contribution in [0.3, 0.4) is 0 Å². The summed E-state index contributed by atoms with van der Waals surface area (Å²) in [5.41, 5.74) is -0.249. The number of amides is 1. The van der Waals surface area contributed by atoms with Crippen LogP contribution in [0.5, 0.6) is 0 Å². The molecular weight excluding hydrogens is 248 g/mol. The molecule has 0 unspecified atom stereocenters. The van der Waals surface area contributed by atoms with Gasteiger partial charge in [0.2, 0.25) is 5.82 Å². The van der Waals surface area contributed by atoms with E-state index in [4.69, 9.17) is 5.11 Å². The number of carbonyl (C=O) groups excluding carboxylic acids is 1. The van der Waals surface area contributed by atoms with E-state index >= 15 is 0 Å². The Balaban J connectivity index is 2.97. The van der Waals surface area contributed by atoms with Crippen molar-refractivity contribution < 1.29 is 14.7 Å². The monoisotopic (exact) mass is 268 g/mol. The lowest BCUT2D eigenvalue weighted by Crippen LogP contribution is -2.41. The molecule has 0 bridgehead atoms. The van der Waals surface area contributed by atoms with Gasteiger partial charge in [-0.2, -0.15) is 0 Å². The maximum Gasteiger partial charge on any atom is 0.323 e. The minimum Gasteiger partial charge on any atom is -0.480 e. The molecule has 0 spiro atoms. The lowest BCUT2D eigenvalue weighted by Gasteiger charge is -2.23. The second-order valence-electron chi connectivity index (χ2n) is 5.68. The van der Waals surface area contributed by atoms with Gasteiger partial charge in [0.25, 0.3) is 5.91 Å². The number of nitrogens with zero attached hydrogens (tertiary/aromatic N) is 3. The Labute approximate surface area is 112 Å². The third kappa shape index (κ3) is 3.77. The van der Waals surface area contributed by atoms with Crippen LogP contribution >= 0.6 is 0 Å². The molecule has 0 aromatic carbocycles. The fourth-order valence-corrected chi connectivity index (χ4v) is 1.46. The highest BCUT2D eigenvalue weighted by molar-refractivity contribution is 5.92. The molecule has 1 rings (SSSR count). The van der Waals surface area contributed by atoms with Crippen molar-refractivity contribution in [3.05, 3.63) is 11.6 Å². The van der Waals surface area contributed by atoms with Crippen LogP contribution in [0.25, 0.3) is 0 Å². The van der Waals surface area contributed by atoms with Gasteiger partial charge < -0.3 is 10.0 Å². The molecule has 1 heterocycles. The Bertz CT molecular complexity index is 474. The van der Waals surface area contributed by atoms with Crippen LogP contribution in [0, 0.1) is 0 Å². The quantitative estimate of drug-likeness (QED) is 0.850. The molecule has 7 heteroatoms. The molecule has 0 fully saturated rings. The van der Waals surface area contributed by atoms with Crippen LogP contribution in [0.2, 0.25) is 0 Å². The van der Waals surface area contributed by atoms with Crippen LogP contribution in [0.15, 0.2) is 0 Å². The highest BCUT2D eigenvalue weighted by atomic mass is 16.4. The molecule has 0 saturated carbocycles. The number of aromatic nitrogens is 3. The van der Waals surface area contributed by atoms with Gasteiger partial charge in [-0.1, -0.05) is 20.8 Å². The predicted molar refractivity (Wildman–Crippen MR) is 68.9 cm³/mol. The van der Waals surface area contributed by atoms with Gasteiger partial charge in [-0.3, -0.25) is 14.7 Å². The summed E-state index contributed by atoms with van der Waals surface area (Å²) in [6.45, 7) is 8.96. The molecule has 0 aliphatic carbocycles. The number of aromatic amines is 1. The van der Waals surface area contributed by atoms with Gasteiger partial charge >= 0.3 is 5.97 Å². The first kappa shape index (κ1) is 15.1. The van der Waals surface area contributed by atoms with Crippen molar-refractivity contribution in [2.45, 2.75) is 46.1 Å². The first-order chi connectivity index (χ1) is 8.62. The Kier molecular flexibility index (Phi) is 4.28. The molecule has 1 amide bonds. The van der Waals surface area contributed by atoms with Gasteiger partial charge in [-0.15, -0.1) is 5.10 Å². The number of H-pyrrole nitrogens is 1.